The number of nitrogens with zero attached hydrogens (tertiary/aromatic N) is 2. The summed E-state index contributed by atoms with van der Waals surface area (Å²) in [5, 5.41) is 10.4. The van der Waals surface area contributed by atoms with Crippen molar-refractivity contribution in [1.82, 2.24) is 0 Å². The topological polar surface area (TPSA) is 53.0 Å². The fraction of sp³-hybridized carbons (Fsp3) is 0.0714. The third-order valence-corrected chi connectivity index (χ3v) is 2.52. The Morgan fingerprint density at radius 1 is 1.00 bits per heavy atom. The van der Waals surface area contributed by atoms with E-state index in [1.807, 2.05) is 42.5 Å². The number of nitrogens with two attached hydrogens (primary N) is 1. The minimum Gasteiger partial charge on any atom is -0.307 e. The van der Waals surface area contributed by atoms with Gasteiger partial charge in [-0.05, 0) is 29.8 Å². The molecule has 0 atom stereocenters. The summed E-state index contributed by atoms with van der Waals surface area (Å²) in [6.07, 6.45) is 0. The number of nitriles is 1. The molecule has 0 heterocycles. The van der Waals surface area contributed by atoms with E-state index in [0.29, 0.717) is 12.1 Å². The average Bonchev–Trinajstić information content (AvgIpc) is 2.40. The summed E-state index contributed by atoms with van der Waals surface area (Å²) in [7, 11) is 0. The first-order chi connectivity index (χ1) is 8.29. The Morgan fingerprint density at radius 2 is 1.65 bits per heavy atom. The van der Waals surface area contributed by atoms with Gasteiger partial charge in [0.1, 0.15) is 0 Å². The standard InChI is InChI=1S/C14H13N3/c15-10-12-6-8-13(9-7-12)11-17(16)14-4-2-1-3-5-14/h1-9H,11,16H2. The molecule has 0 saturated heterocycles. The van der Waals surface area contributed by atoms with Crippen LogP contribution in [-0.2, 0) is 6.54 Å². The molecule has 0 saturated carbocycles. The summed E-state index contributed by atoms with van der Waals surface area (Å²) in [6.45, 7) is 0.621. The van der Waals surface area contributed by atoms with Gasteiger partial charge in [-0.1, -0.05) is 30.3 Å². The second-order valence-electron chi connectivity index (χ2n) is 3.77. The van der Waals surface area contributed by atoms with Crippen molar-refractivity contribution in [2.45, 2.75) is 6.54 Å². The van der Waals surface area contributed by atoms with Crippen molar-refractivity contribution in [2.24, 2.45) is 5.84 Å². The van der Waals surface area contributed by atoms with Crippen LogP contribution in [0.2, 0.25) is 0 Å². The molecule has 3 heteroatoms. The van der Waals surface area contributed by atoms with Gasteiger partial charge in [-0.25, -0.2) is 5.84 Å². The molecule has 0 bridgehead atoms. The molecule has 2 N–H and O–H groups in total. The number of hydrazine groups is 1. The lowest BCUT2D eigenvalue weighted by Gasteiger charge is -2.18. The highest BCUT2D eigenvalue weighted by Crippen LogP contribution is 2.13. The van der Waals surface area contributed by atoms with Crippen molar-refractivity contribution in [3.05, 3.63) is 65.7 Å². The summed E-state index contributed by atoms with van der Waals surface area (Å²) in [5.74, 6) is 5.97. The van der Waals surface area contributed by atoms with E-state index in [9.17, 15) is 0 Å². The fourth-order valence-corrected chi connectivity index (χ4v) is 1.59. The molecule has 2 rings (SSSR count). The molecule has 0 aliphatic heterocycles. The summed E-state index contributed by atoms with van der Waals surface area (Å²) in [4.78, 5) is 0. The van der Waals surface area contributed by atoms with Gasteiger partial charge in [0.2, 0.25) is 0 Å². The van der Waals surface area contributed by atoms with Gasteiger partial charge < -0.3 is 5.01 Å². The number of benzene rings is 2. The lowest BCUT2D eigenvalue weighted by Crippen LogP contribution is -2.29. The first kappa shape index (κ1) is 11.2. The Morgan fingerprint density at radius 3 is 2.24 bits per heavy atom. The van der Waals surface area contributed by atoms with Gasteiger partial charge in [0.25, 0.3) is 0 Å². The SMILES string of the molecule is N#Cc1ccc(CN(N)c2ccccc2)cc1. The van der Waals surface area contributed by atoms with Crippen LogP contribution in [0.25, 0.3) is 0 Å². The molecule has 3 nitrogen and oxygen atoms in total. The van der Waals surface area contributed by atoms with Crippen molar-refractivity contribution in [1.29, 1.82) is 5.26 Å². The van der Waals surface area contributed by atoms with Crippen molar-refractivity contribution in [3.8, 4) is 6.07 Å². The maximum Gasteiger partial charge on any atom is 0.0991 e. The van der Waals surface area contributed by atoms with Crippen LogP contribution in [0.15, 0.2) is 54.6 Å². The molecule has 0 amide bonds. The molecule has 0 aromatic heterocycles. The molecular weight excluding hydrogens is 210 g/mol. The van der Waals surface area contributed by atoms with E-state index in [2.05, 4.69) is 6.07 Å². The third-order valence-electron chi connectivity index (χ3n) is 2.52. The van der Waals surface area contributed by atoms with Gasteiger partial charge in [0, 0.05) is 0 Å². The van der Waals surface area contributed by atoms with Gasteiger partial charge in [0.05, 0.1) is 23.9 Å². The number of hydrogen-bond donors (Lipinski definition) is 1. The lowest BCUT2D eigenvalue weighted by molar-refractivity contribution is 0.853. The van der Waals surface area contributed by atoms with Crippen LogP contribution in [0.3, 0.4) is 0 Å². The van der Waals surface area contributed by atoms with Crippen LogP contribution in [0.1, 0.15) is 11.1 Å². The summed E-state index contributed by atoms with van der Waals surface area (Å²) in [5.41, 5.74) is 2.71. The van der Waals surface area contributed by atoms with E-state index in [-0.39, 0.29) is 0 Å². The monoisotopic (exact) mass is 223 g/mol. The zero-order chi connectivity index (χ0) is 12.1. The smallest absolute Gasteiger partial charge is 0.0991 e. The Balaban J connectivity index is 2.08. The summed E-state index contributed by atoms with van der Waals surface area (Å²) >= 11 is 0. The highest BCUT2D eigenvalue weighted by molar-refractivity contribution is 5.45. The van der Waals surface area contributed by atoms with Gasteiger partial charge in [-0.3, -0.25) is 0 Å². The second kappa shape index (κ2) is 5.15. The van der Waals surface area contributed by atoms with E-state index in [1.165, 1.54) is 0 Å². The number of para-hydroxylation sites is 1. The molecule has 0 spiro atoms. The summed E-state index contributed by atoms with van der Waals surface area (Å²) in [6, 6.07) is 19.3. The Hall–Kier alpha value is -2.31. The predicted molar refractivity (Wildman–Crippen MR) is 68.0 cm³/mol. The molecule has 84 valence electrons. The highest BCUT2D eigenvalue weighted by Gasteiger charge is 2.01. The van der Waals surface area contributed by atoms with Gasteiger partial charge in [-0.15, -0.1) is 0 Å². The fourth-order valence-electron chi connectivity index (χ4n) is 1.59. The molecule has 0 aliphatic rings. The molecule has 17 heavy (non-hydrogen) atoms. The largest absolute Gasteiger partial charge is 0.307 e. The maximum atomic E-state index is 8.70. The first-order valence-electron chi connectivity index (χ1n) is 5.36. The number of hydrogen-bond acceptors (Lipinski definition) is 3. The molecule has 0 radical (unpaired) electrons. The van der Waals surface area contributed by atoms with E-state index in [0.717, 1.165) is 11.3 Å². The van der Waals surface area contributed by atoms with Crippen LogP contribution >= 0.6 is 0 Å². The van der Waals surface area contributed by atoms with Crippen molar-refractivity contribution in [2.75, 3.05) is 5.01 Å². The molecule has 0 unspecified atom stereocenters. The van der Waals surface area contributed by atoms with Crippen LogP contribution in [0.5, 0.6) is 0 Å². The van der Waals surface area contributed by atoms with Crippen molar-refractivity contribution >= 4 is 5.69 Å². The molecule has 2 aromatic carbocycles. The summed E-state index contributed by atoms with van der Waals surface area (Å²) < 4.78 is 0. The van der Waals surface area contributed by atoms with Crippen LogP contribution in [0.4, 0.5) is 5.69 Å². The number of anilines is 1. The second-order valence-corrected chi connectivity index (χ2v) is 3.77. The molecular formula is C14H13N3. The van der Waals surface area contributed by atoms with E-state index in [1.54, 1.807) is 17.1 Å². The zero-order valence-electron chi connectivity index (χ0n) is 9.38. The molecule has 2 aromatic rings. The van der Waals surface area contributed by atoms with E-state index >= 15 is 0 Å². The Labute approximate surface area is 101 Å². The average molecular weight is 223 g/mol. The van der Waals surface area contributed by atoms with E-state index < -0.39 is 0 Å². The van der Waals surface area contributed by atoms with Crippen LogP contribution < -0.4 is 10.9 Å². The minimum atomic E-state index is 0.621. The lowest BCUT2D eigenvalue weighted by atomic mass is 10.1. The van der Waals surface area contributed by atoms with E-state index in [4.69, 9.17) is 11.1 Å². The maximum absolute atomic E-state index is 8.70. The first-order valence-corrected chi connectivity index (χ1v) is 5.36. The normalized spacial score (nSPS) is 9.65. The minimum absolute atomic E-state index is 0.621. The van der Waals surface area contributed by atoms with Gasteiger partial charge in [-0.2, -0.15) is 5.26 Å². The quantitative estimate of drug-likeness (QED) is 0.642. The van der Waals surface area contributed by atoms with Gasteiger partial charge >= 0.3 is 0 Å². The van der Waals surface area contributed by atoms with Gasteiger partial charge in [0.15, 0.2) is 0 Å². The molecule has 0 fully saturated rings. The zero-order valence-corrected chi connectivity index (χ0v) is 9.38. The number of rotatable bonds is 3. The Bertz CT molecular complexity index is 511. The van der Waals surface area contributed by atoms with Crippen LogP contribution in [-0.4, -0.2) is 0 Å². The highest BCUT2D eigenvalue weighted by atomic mass is 15.4. The van der Waals surface area contributed by atoms with Crippen molar-refractivity contribution < 1.29 is 0 Å². The Kier molecular flexibility index (Phi) is 3.39. The third kappa shape index (κ3) is 2.83. The van der Waals surface area contributed by atoms with Crippen molar-refractivity contribution in [3.63, 3.8) is 0 Å². The van der Waals surface area contributed by atoms with Crippen LogP contribution in [0, 0.1) is 11.3 Å². The molecule has 0 aliphatic carbocycles. The predicted octanol–water partition coefficient (Wildman–Crippen LogP) is 2.44.